The summed E-state index contributed by atoms with van der Waals surface area (Å²) in [6, 6.07) is 22.2. The summed E-state index contributed by atoms with van der Waals surface area (Å²) >= 11 is 19.5. The Labute approximate surface area is 198 Å². The number of aromatic nitrogens is 3. The molecule has 0 aliphatic heterocycles. The third-order valence-corrected chi connectivity index (χ3v) is 6.31. The lowest BCUT2D eigenvalue weighted by molar-refractivity contribution is -0.113. The normalized spacial score (nSPS) is 10.8. The number of nitrogens with zero attached hydrogens (tertiary/aromatic N) is 3. The molecular weight excluding hydrogens is 475 g/mol. The number of hydrogen-bond donors (Lipinski definition) is 1. The fraction of sp³-hybridized carbons (Fsp3) is 0.0455. The summed E-state index contributed by atoms with van der Waals surface area (Å²) in [6.45, 7) is 0. The molecule has 0 bridgehead atoms. The van der Waals surface area contributed by atoms with E-state index >= 15 is 0 Å². The molecule has 3 aromatic carbocycles. The molecule has 31 heavy (non-hydrogen) atoms. The minimum absolute atomic E-state index is 0.114. The minimum Gasteiger partial charge on any atom is -0.324 e. The van der Waals surface area contributed by atoms with Crippen LogP contribution in [0.5, 0.6) is 0 Å². The van der Waals surface area contributed by atoms with Crippen molar-refractivity contribution < 1.29 is 4.79 Å². The van der Waals surface area contributed by atoms with Gasteiger partial charge in [-0.1, -0.05) is 83.0 Å². The molecule has 0 fully saturated rings. The van der Waals surface area contributed by atoms with Gasteiger partial charge in [-0.2, -0.15) is 0 Å². The second-order valence-electron chi connectivity index (χ2n) is 6.42. The van der Waals surface area contributed by atoms with Crippen LogP contribution < -0.4 is 5.32 Å². The number of halogens is 3. The zero-order valence-electron chi connectivity index (χ0n) is 15.9. The fourth-order valence-corrected chi connectivity index (χ4v) is 4.10. The molecule has 0 spiro atoms. The zero-order valence-corrected chi connectivity index (χ0v) is 19.0. The van der Waals surface area contributed by atoms with Crippen molar-refractivity contribution in [3.8, 4) is 17.1 Å². The van der Waals surface area contributed by atoms with Crippen molar-refractivity contribution in [1.29, 1.82) is 0 Å². The molecule has 0 aliphatic carbocycles. The van der Waals surface area contributed by atoms with Crippen LogP contribution in [0.4, 0.5) is 5.69 Å². The van der Waals surface area contributed by atoms with Gasteiger partial charge in [-0.25, -0.2) is 0 Å². The first-order chi connectivity index (χ1) is 15.0. The van der Waals surface area contributed by atoms with Crippen LogP contribution in [-0.2, 0) is 4.79 Å². The average Bonchev–Trinajstić information content (AvgIpc) is 3.21. The Kier molecular flexibility index (Phi) is 6.83. The van der Waals surface area contributed by atoms with Crippen molar-refractivity contribution in [1.82, 2.24) is 14.8 Å². The Morgan fingerprint density at radius 3 is 2.39 bits per heavy atom. The summed E-state index contributed by atoms with van der Waals surface area (Å²) in [4.78, 5) is 12.5. The third kappa shape index (κ3) is 5.05. The maximum atomic E-state index is 12.5. The van der Waals surface area contributed by atoms with Gasteiger partial charge in [0.05, 0.1) is 21.5 Å². The van der Waals surface area contributed by atoms with E-state index in [-0.39, 0.29) is 11.7 Å². The molecule has 1 N–H and O–H groups in total. The molecule has 1 aromatic heterocycles. The first kappa shape index (κ1) is 21.7. The number of hydrogen-bond acceptors (Lipinski definition) is 4. The van der Waals surface area contributed by atoms with Crippen LogP contribution in [0, 0.1) is 0 Å². The molecule has 4 rings (SSSR count). The van der Waals surface area contributed by atoms with E-state index in [2.05, 4.69) is 15.5 Å². The Hall–Kier alpha value is -2.51. The Morgan fingerprint density at radius 2 is 1.65 bits per heavy atom. The average molecular weight is 490 g/mol. The van der Waals surface area contributed by atoms with Gasteiger partial charge in [0.1, 0.15) is 0 Å². The van der Waals surface area contributed by atoms with Gasteiger partial charge in [0.2, 0.25) is 5.91 Å². The molecule has 0 saturated carbocycles. The van der Waals surface area contributed by atoms with Crippen LogP contribution in [0.15, 0.2) is 78.0 Å². The van der Waals surface area contributed by atoms with Crippen LogP contribution in [0.3, 0.4) is 0 Å². The number of benzene rings is 3. The van der Waals surface area contributed by atoms with Gasteiger partial charge >= 0.3 is 0 Å². The van der Waals surface area contributed by atoms with E-state index in [1.165, 1.54) is 11.8 Å². The van der Waals surface area contributed by atoms with E-state index in [1.54, 1.807) is 30.3 Å². The molecular formula is C22H15Cl3N4OS. The zero-order chi connectivity index (χ0) is 21.8. The third-order valence-electron chi connectivity index (χ3n) is 4.31. The molecule has 5 nitrogen and oxygen atoms in total. The molecule has 1 amide bonds. The van der Waals surface area contributed by atoms with Gasteiger partial charge in [-0.3, -0.25) is 9.36 Å². The second-order valence-corrected chi connectivity index (χ2v) is 8.59. The highest BCUT2D eigenvalue weighted by molar-refractivity contribution is 7.99. The van der Waals surface area contributed by atoms with Crippen molar-refractivity contribution >= 4 is 58.2 Å². The highest BCUT2D eigenvalue weighted by atomic mass is 35.5. The molecule has 0 aliphatic rings. The highest BCUT2D eigenvalue weighted by Crippen LogP contribution is 2.31. The monoisotopic (exact) mass is 488 g/mol. The predicted octanol–water partition coefficient (Wildman–Crippen LogP) is 6.63. The van der Waals surface area contributed by atoms with Crippen molar-refractivity contribution in [3.05, 3.63) is 87.9 Å². The fourth-order valence-electron chi connectivity index (χ4n) is 2.88. The molecule has 0 radical (unpaired) electrons. The molecule has 156 valence electrons. The Morgan fingerprint density at radius 1 is 0.903 bits per heavy atom. The molecule has 0 saturated heterocycles. The lowest BCUT2D eigenvalue weighted by Gasteiger charge is -2.11. The van der Waals surface area contributed by atoms with Crippen LogP contribution in [-0.4, -0.2) is 26.4 Å². The summed E-state index contributed by atoms with van der Waals surface area (Å²) in [5.41, 5.74) is 2.21. The molecule has 1 heterocycles. The van der Waals surface area contributed by atoms with E-state index < -0.39 is 0 Å². The summed E-state index contributed by atoms with van der Waals surface area (Å²) in [5, 5.41) is 13.3. The lowest BCUT2D eigenvalue weighted by atomic mass is 10.2. The number of carbonyl (C=O) groups is 1. The highest BCUT2D eigenvalue weighted by Gasteiger charge is 2.18. The largest absolute Gasteiger partial charge is 0.324 e. The predicted molar refractivity (Wildman–Crippen MR) is 128 cm³/mol. The van der Waals surface area contributed by atoms with Gasteiger partial charge < -0.3 is 5.32 Å². The standard InChI is InChI=1S/C22H15Cl3N4OS/c23-15-9-11-16(12-10-15)29-21(14-5-2-1-3-6-14)27-28-22(29)31-13-19(30)26-18-8-4-7-17(24)20(18)25/h1-12H,13H2,(H,26,30). The van der Waals surface area contributed by atoms with Gasteiger partial charge in [0, 0.05) is 16.3 Å². The van der Waals surface area contributed by atoms with Crippen LogP contribution >= 0.6 is 46.6 Å². The number of rotatable bonds is 6. The summed E-state index contributed by atoms with van der Waals surface area (Å²) in [7, 11) is 0. The first-order valence-electron chi connectivity index (χ1n) is 9.16. The van der Waals surface area contributed by atoms with E-state index in [9.17, 15) is 4.79 Å². The van der Waals surface area contributed by atoms with Crippen molar-refractivity contribution in [3.63, 3.8) is 0 Å². The smallest absolute Gasteiger partial charge is 0.234 e. The van der Waals surface area contributed by atoms with Crippen LogP contribution in [0.1, 0.15) is 0 Å². The van der Waals surface area contributed by atoms with Gasteiger partial charge in [0.25, 0.3) is 0 Å². The topological polar surface area (TPSA) is 59.8 Å². The SMILES string of the molecule is O=C(CSc1nnc(-c2ccccc2)n1-c1ccc(Cl)cc1)Nc1cccc(Cl)c1Cl. The Balaban J connectivity index is 1.59. The Bertz CT molecular complexity index is 1210. The molecule has 0 atom stereocenters. The van der Waals surface area contributed by atoms with Crippen molar-refractivity contribution in [2.24, 2.45) is 0 Å². The summed E-state index contributed by atoms with van der Waals surface area (Å²) < 4.78 is 1.90. The summed E-state index contributed by atoms with van der Waals surface area (Å²) in [6.07, 6.45) is 0. The van der Waals surface area contributed by atoms with Crippen molar-refractivity contribution in [2.45, 2.75) is 5.16 Å². The quantitative estimate of drug-likeness (QED) is 0.309. The van der Waals surface area contributed by atoms with E-state index in [1.807, 2.05) is 47.0 Å². The van der Waals surface area contributed by atoms with Crippen molar-refractivity contribution in [2.75, 3.05) is 11.1 Å². The second kappa shape index (κ2) is 9.75. The van der Waals surface area contributed by atoms with Crippen LogP contribution in [0.2, 0.25) is 15.1 Å². The van der Waals surface area contributed by atoms with Crippen LogP contribution in [0.25, 0.3) is 17.1 Å². The minimum atomic E-state index is -0.235. The van der Waals surface area contributed by atoms with Gasteiger partial charge in [-0.15, -0.1) is 10.2 Å². The van der Waals surface area contributed by atoms with E-state index in [0.29, 0.717) is 31.7 Å². The number of carbonyl (C=O) groups excluding carboxylic acids is 1. The molecule has 0 unspecified atom stereocenters. The summed E-state index contributed by atoms with van der Waals surface area (Å²) in [5.74, 6) is 0.549. The van der Waals surface area contributed by atoms with Gasteiger partial charge in [0.15, 0.2) is 11.0 Å². The maximum absolute atomic E-state index is 12.5. The molecule has 4 aromatic rings. The molecule has 9 heteroatoms. The number of amides is 1. The lowest BCUT2D eigenvalue weighted by Crippen LogP contribution is -2.15. The number of nitrogens with one attached hydrogen (secondary N) is 1. The number of anilines is 1. The van der Waals surface area contributed by atoms with E-state index in [4.69, 9.17) is 34.8 Å². The first-order valence-corrected chi connectivity index (χ1v) is 11.3. The maximum Gasteiger partial charge on any atom is 0.234 e. The van der Waals surface area contributed by atoms with E-state index in [0.717, 1.165) is 11.3 Å². The van der Waals surface area contributed by atoms with Gasteiger partial charge in [-0.05, 0) is 36.4 Å². The number of thioether (sulfide) groups is 1.